The molecular formula is C13H24N2O2. The number of aliphatic hydroxyl groups excluding tert-OH is 1. The maximum absolute atomic E-state index is 12.3. The van der Waals surface area contributed by atoms with Crippen molar-refractivity contribution < 1.29 is 9.90 Å². The molecular weight excluding hydrogens is 216 g/mol. The molecule has 2 fully saturated rings. The van der Waals surface area contributed by atoms with E-state index in [0.717, 1.165) is 51.9 Å². The number of hydrogen-bond acceptors (Lipinski definition) is 3. The first-order valence-electron chi connectivity index (χ1n) is 6.75. The van der Waals surface area contributed by atoms with Gasteiger partial charge in [0.05, 0.1) is 0 Å². The number of nitrogens with one attached hydrogen (secondary N) is 1. The summed E-state index contributed by atoms with van der Waals surface area (Å²) < 4.78 is 0. The molecule has 17 heavy (non-hydrogen) atoms. The predicted octanol–water partition coefficient (Wildman–Crippen LogP) is 0.607. The highest BCUT2D eigenvalue weighted by Gasteiger charge is 2.33. The Bertz CT molecular complexity index is 267. The predicted molar refractivity (Wildman–Crippen MR) is 66.6 cm³/mol. The molecule has 0 aliphatic carbocycles. The Labute approximate surface area is 103 Å². The number of likely N-dealkylation sites (tertiary alicyclic amines) is 1. The lowest BCUT2D eigenvalue weighted by atomic mass is 9.81. The maximum Gasteiger partial charge on any atom is 0.225 e. The Hall–Kier alpha value is -0.610. The molecule has 2 aliphatic heterocycles. The van der Waals surface area contributed by atoms with Gasteiger partial charge in [-0.2, -0.15) is 0 Å². The van der Waals surface area contributed by atoms with Crippen LogP contribution < -0.4 is 5.32 Å². The summed E-state index contributed by atoms with van der Waals surface area (Å²) >= 11 is 0. The van der Waals surface area contributed by atoms with Crippen LogP contribution in [0.25, 0.3) is 0 Å². The summed E-state index contributed by atoms with van der Waals surface area (Å²) in [5.41, 5.74) is 0.0326. The molecule has 4 heteroatoms. The third-order valence-corrected chi connectivity index (χ3v) is 4.35. The maximum atomic E-state index is 12.3. The fourth-order valence-electron chi connectivity index (χ4n) is 2.75. The first kappa shape index (κ1) is 12.8. The van der Waals surface area contributed by atoms with Crippen LogP contribution in [0.15, 0.2) is 0 Å². The number of hydrogen-bond donors (Lipinski definition) is 2. The molecule has 2 heterocycles. The molecule has 2 rings (SSSR count). The van der Waals surface area contributed by atoms with E-state index in [0.29, 0.717) is 5.91 Å². The van der Waals surface area contributed by atoms with E-state index >= 15 is 0 Å². The molecule has 0 atom stereocenters. The second-order valence-electron chi connectivity index (χ2n) is 5.82. The Balaban J connectivity index is 1.85. The molecule has 1 amide bonds. The van der Waals surface area contributed by atoms with Crippen molar-refractivity contribution in [3.8, 4) is 0 Å². The van der Waals surface area contributed by atoms with Crippen molar-refractivity contribution in [2.45, 2.75) is 32.6 Å². The highest BCUT2D eigenvalue weighted by atomic mass is 16.3. The van der Waals surface area contributed by atoms with Crippen LogP contribution in [0.5, 0.6) is 0 Å². The van der Waals surface area contributed by atoms with Crippen molar-refractivity contribution in [1.29, 1.82) is 0 Å². The van der Waals surface area contributed by atoms with Gasteiger partial charge in [-0.25, -0.2) is 0 Å². The highest BCUT2D eigenvalue weighted by molar-refractivity contribution is 5.79. The second kappa shape index (κ2) is 5.36. The van der Waals surface area contributed by atoms with Gasteiger partial charge in [0.25, 0.3) is 0 Å². The van der Waals surface area contributed by atoms with E-state index in [4.69, 9.17) is 0 Å². The fraction of sp³-hybridized carbons (Fsp3) is 0.923. The van der Waals surface area contributed by atoms with Crippen LogP contribution in [0.1, 0.15) is 32.6 Å². The number of piperidine rings is 2. The molecule has 2 saturated heterocycles. The first-order valence-corrected chi connectivity index (χ1v) is 6.75. The van der Waals surface area contributed by atoms with Gasteiger partial charge in [0.2, 0.25) is 5.91 Å². The van der Waals surface area contributed by atoms with E-state index < -0.39 is 0 Å². The van der Waals surface area contributed by atoms with Gasteiger partial charge in [0.15, 0.2) is 0 Å². The molecule has 0 aromatic rings. The summed E-state index contributed by atoms with van der Waals surface area (Å²) in [5.74, 6) is 0.571. The van der Waals surface area contributed by atoms with Gasteiger partial charge >= 0.3 is 0 Å². The van der Waals surface area contributed by atoms with E-state index in [-0.39, 0.29) is 17.9 Å². The van der Waals surface area contributed by atoms with Crippen molar-refractivity contribution in [2.24, 2.45) is 11.3 Å². The van der Waals surface area contributed by atoms with Gasteiger partial charge in [0.1, 0.15) is 0 Å². The largest absolute Gasteiger partial charge is 0.396 e. The Morgan fingerprint density at radius 1 is 1.35 bits per heavy atom. The minimum absolute atomic E-state index is 0.0326. The molecule has 0 unspecified atom stereocenters. The van der Waals surface area contributed by atoms with E-state index in [1.807, 2.05) is 4.90 Å². The summed E-state index contributed by atoms with van der Waals surface area (Å²) in [6.07, 6.45) is 3.82. The van der Waals surface area contributed by atoms with Crippen LogP contribution in [0, 0.1) is 11.3 Å². The highest BCUT2D eigenvalue weighted by Crippen LogP contribution is 2.31. The van der Waals surface area contributed by atoms with Crippen molar-refractivity contribution in [3.05, 3.63) is 0 Å². The number of carbonyl (C=O) groups is 1. The van der Waals surface area contributed by atoms with E-state index in [2.05, 4.69) is 12.2 Å². The quantitative estimate of drug-likeness (QED) is 0.743. The summed E-state index contributed by atoms with van der Waals surface area (Å²) in [6.45, 7) is 5.93. The molecule has 0 radical (unpaired) electrons. The third-order valence-electron chi connectivity index (χ3n) is 4.35. The van der Waals surface area contributed by atoms with Gasteiger partial charge in [-0.1, -0.05) is 6.92 Å². The van der Waals surface area contributed by atoms with E-state index in [9.17, 15) is 9.90 Å². The zero-order chi connectivity index (χ0) is 12.3. The molecule has 2 aliphatic rings. The first-order chi connectivity index (χ1) is 8.14. The minimum Gasteiger partial charge on any atom is -0.396 e. The number of carbonyl (C=O) groups excluding carboxylic acids is 1. The van der Waals surface area contributed by atoms with Gasteiger partial charge in [-0.05, 0) is 44.2 Å². The third kappa shape index (κ3) is 2.99. The van der Waals surface area contributed by atoms with Crippen LogP contribution in [0.2, 0.25) is 0 Å². The lowest BCUT2D eigenvalue weighted by Crippen LogP contribution is -2.47. The normalized spacial score (nSPS) is 25.9. The van der Waals surface area contributed by atoms with Crippen LogP contribution >= 0.6 is 0 Å². The van der Waals surface area contributed by atoms with E-state index in [1.165, 1.54) is 0 Å². The van der Waals surface area contributed by atoms with Crippen LogP contribution in [-0.2, 0) is 4.79 Å². The van der Waals surface area contributed by atoms with Crippen molar-refractivity contribution >= 4 is 5.91 Å². The van der Waals surface area contributed by atoms with Crippen LogP contribution in [-0.4, -0.2) is 48.7 Å². The SMILES string of the molecule is CC1(CO)CCN(C(=O)C2CCNCC2)CC1. The molecule has 4 nitrogen and oxygen atoms in total. The summed E-state index contributed by atoms with van der Waals surface area (Å²) in [6, 6.07) is 0. The molecule has 0 aromatic carbocycles. The standard InChI is InChI=1S/C13H24N2O2/c1-13(10-16)4-8-15(9-5-13)12(17)11-2-6-14-7-3-11/h11,14,16H,2-10H2,1H3. The monoisotopic (exact) mass is 240 g/mol. The molecule has 2 N–H and O–H groups in total. The zero-order valence-corrected chi connectivity index (χ0v) is 10.7. The Morgan fingerprint density at radius 2 is 1.94 bits per heavy atom. The van der Waals surface area contributed by atoms with Crippen molar-refractivity contribution in [2.75, 3.05) is 32.8 Å². The molecule has 0 saturated carbocycles. The summed E-state index contributed by atoms with van der Waals surface area (Å²) in [4.78, 5) is 14.3. The molecule has 98 valence electrons. The summed E-state index contributed by atoms with van der Waals surface area (Å²) in [5, 5.41) is 12.6. The Morgan fingerprint density at radius 3 is 2.47 bits per heavy atom. The van der Waals surface area contributed by atoms with Gasteiger partial charge in [-0.3, -0.25) is 4.79 Å². The van der Waals surface area contributed by atoms with Gasteiger partial charge in [0, 0.05) is 25.6 Å². The minimum atomic E-state index is 0.0326. The summed E-state index contributed by atoms with van der Waals surface area (Å²) in [7, 11) is 0. The number of nitrogens with zero attached hydrogens (tertiary/aromatic N) is 1. The Kier molecular flexibility index (Phi) is 4.05. The fourth-order valence-corrected chi connectivity index (χ4v) is 2.75. The number of rotatable bonds is 2. The van der Waals surface area contributed by atoms with Crippen molar-refractivity contribution in [3.63, 3.8) is 0 Å². The lowest BCUT2D eigenvalue weighted by Gasteiger charge is -2.40. The smallest absolute Gasteiger partial charge is 0.225 e. The second-order valence-corrected chi connectivity index (χ2v) is 5.82. The van der Waals surface area contributed by atoms with Crippen LogP contribution in [0.3, 0.4) is 0 Å². The topological polar surface area (TPSA) is 52.6 Å². The number of amides is 1. The van der Waals surface area contributed by atoms with Gasteiger partial charge in [-0.15, -0.1) is 0 Å². The molecule has 0 spiro atoms. The molecule has 0 aromatic heterocycles. The average molecular weight is 240 g/mol. The zero-order valence-electron chi connectivity index (χ0n) is 10.7. The van der Waals surface area contributed by atoms with Crippen LogP contribution in [0.4, 0.5) is 0 Å². The number of aliphatic hydroxyl groups is 1. The average Bonchev–Trinajstić information content (AvgIpc) is 2.40. The molecule has 0 bridgehead atoms. The van der Waals surface area contributed by atoms with E-state index in [1.54, 1.807) is 0 Å². The van der Waals surface area contributed by atoms with Gasteiger partial charge < -0.3 is 15.3 Å². The lowest BCUT2D eigenvalue weighted by molar-refractivity contribution is -0.139. The van der Waals surface area contributed by atoms with Crippen molar-refractivity contribution in [1.82, 2.24) is 10.2 Å².